The lowest BCUT2D eigenvalue weighted by atomic mass is 10.0. The number of methoxy groups -OCH3 is 1. The predicted molar refractivity (Wildman–Crippen MR) is 105 cm³/mol. The molecular weight excluding hydrogens is 342 g/mol. The van der Waals surface area contributed by atoms with Gasteiger partial charge in [0.25, 0.3) is 5.91 Å². The number of carbonyl (C=O) groups excluding carboxylic acids is 2. The minimum Gasteiger partial charge on any atom is -0.496 e. The van der Waals surface area contributed by atoms with Crippen LogP contribution in [0.1, 0.15) is 53.6 Å². The van der Waals surface area contributed by atoms with E-state index < -0.39 is 0 Å². The molecule has 0 atom stereocenters. The zero-order chi connectivity index (χ0) is 19.4. The third-order valence-corrected chi connectivity index (χ3v) is 5.94. The molecule has 0 unspecified atom stereocenters. The quantitative estimate of drug-likeness (QED) is 0.886. The van der Waals surface area contributed by atoms with E-state index in [1.54, 1.807) is 7.11 Å². The van der Waals surface area contributed by atoms with E-state index in [-0.39, 0.29) is 11.9 Å². The maximum Gasteiger partial charge on any atom is 0.317 e. The third-order valence-electron chi connectivity index (χ3n) is 5.94. The summed E-state index contributed by atoms with van der Waals surface area (Å²) in [5.74, 6) is 0.839. The molecule has 3 rings (SSSR count). The Morgan fingerprint density at radius 2 is 1.63 bits per heavy atom. The highest BCUT2D eigenvalue weighted by Gasteiger charge is 2.26. The molecule has 0 aromatic heterocycles. The zero-order valence-electron chi connectivity index (χ0n) is 16.7. The number of hydrogen-bond donors (Lipinski definition) is 1. The van der Waals surface area contributed by atoms with E-state index in [0.717, 1.165) is 41.7 Å². The summed E-state index contributed by atoms with van der Waals surface area (Å²) in [4.78, 5) is 29.3. The summed E-state index contributed by atoms with van der Waals surface area (Å²) >= 11 is 0. The van der Waals surface area contributed by atoms with Crippen LogP contribution in [0, 0.1) is 13.8 Å². The number of urea groups is 1. The standard InChI is InChI=1S/C21H31N3O3/c1-15-16(2)19(27-3)10-9-18(15)20(25)23-11-6-12-24(14-13-23)21(26)22-17-7-4-5-8-17/h9-10,17H,4-8,11-14H2,1-3H3,(H,22,26). The summed E-state index contributed by atoms with van der Waals surface area (Å²) in [6.45, 7) is 6.46. The summed E-state index contributed by atoms with van der Waals surface area (Å²) < 4.78 is 5.34. The van der Waals surface area contributed by atoms with Crippen molar-refractivity contribution < 1.29 is 14.3 Å². The van der Waals surface area contributed by atoms with Crippen molar-refractivity contribution in [3.63, 3.8) is 0 Å². The molecule has 0 bridgehead atoms. The first-order valence-corrected chi connectivity index (χ1v) is 10.00. The van der Waals surface area contributed by atoms with Crippen molar-refractivity contribution in [3.05, 3.63) is 28.8 Å². The number of carbonyl (C=O) groups is 2. The topological polar surface area (TPSA) is 61.9 Å². The molecule has 1 aliphatic carbocycles. The average molecular weight is 373 g/mol. The van der Waals surface area contributed by atoms with Gasteiger partial charge in [-0.15, -0.1) is 0 Å². The van der Waals surface area contributed by atoms with Gasteiger partial charge in [0.05, 0.1) is 7.11 Å². The van der Waals surface area contributed by atoms with Crippen LogP contribution in [0.15, 0.2) is 12.1 Å². The van der Waals surface area contributed by atoms with Gasteiger partial charge in [0.2, 0.25) is 0 Å². The highest BCUT2D eigenvalue weighted by molar-refractivity contribution is 5.96. The van der Waals surface area contributed by atoms with Crippen LogP contribution in [0.25, 0.3) is 0 Å². The van der Waals surface area contributed by atoms with Gasteiger partial charge in [-0.3, -0.25) is 4.79 Å². The van der Waals surface area contributed by atoms with Crippen molar-refractivity contribution >= 4 is 11.9 Å². The molecule has 1 saturated heterocycles. The molecule has 0 radical (unpaired) electrons. The van der Waals surface area contributed by atoms with Crippen molar-refractivity contribution in [1.29, 1.82) is 0 Å². The largest absolute Gasteiger partial charge is 0.496 e. The Morgan fingerprint density at radius 1 is 0.963 bits per heavy atom. The zero-order valence-corrected chi connectivity index (χ0v) is 16.7. The van der Waals surface area contributed by atoms with Crippen molar-refractivity contribution in [2.75, 3.05) is 33.3 Å². The van der Waals surface area contributed by atoms with Gasteiger partial charge < -0.3 is 19.9 Å². The van der Waals surface area contributed by atoms with Crippen molar-refractivity contribution in [1.82, 2.24) is 15.1 Å². The maximum atomic E-state index is 13.0. The number of amides is 3. The van der Waals surface area contributed by atoms with Gasteiger partial charge in [-0.2, -0.15) is 0 Å². The van der Waals surface area contributed by atoms with Crippen molar-refractivity contribution in [2.24, 2.45) is 0 Å². The van der Waals surface area contributed by atoms with E-state index in [0.29, 0.717) is 32.2 Å². The average Bonchev–Trinajstić information content (AvgIpc) is 3.04. The van der Waals surface area contributed by atoms with Gasteiger partial charge in [-0.1, -0.05) is 12.8 Å². The number of benzene rings is 1. The third kappa shape index (κ3) is 4.37. The van der Waals surface area contributed by atoms with Gasteiger partial charge in [-0.05, 0) is 56.4 Å². The van der Waals surface area contributed by atoms with Gasteiger partial charge in [0, 0.05) is 37.8 Å². The Hall–Kier alpha value is -2.24. The maximum absolute atomic E-state index is 13.0. The van der Waals surface area contributed by atoms with Gasteiger partial charge in [-0.25, -0.2) is 4.79 Å². The fraction of sp³-hybridized carbons (Fsp3) is 0.619. The summed E-state index contributed by atoms with van der Waals surface area (Å²) in [7, 11) is 1.64. The van der Waals surface area contributed by atoms with Gasteiger partial charge in [0.1, 0.15) is 5.75 Å². The van der Waals surface area contributed by atoms with Crippen LogP contribution >= 0.6 is 0 Å². The minimum absolute atomic E-state index is 0.0210. The first kappa shape index (κ1) is 19.5. The summed E-state index contributed by atoms with van der Waals surface area (Å²) in [6, 6.07) is 4.05. The van der Waals surface area contributed by atoms with Gasteiger partial charge >= 0.3 is 6.03 Å². The molecule has 2 aliphatic rings. The Balaban J connectivity index is 1.63. The lowest BCUT2D eigenvalue weighted by Gasteiger charge is -2.24. The molecule has 1 N–H and O–H groups in total. The Labute approximate surface area is 161 Å². The molecule has 1 aromatic rings. The molecule has 1 aliphatic heterocycles. The highest BCUT2D eigenvalue weighted by atomic mass is 16.5. The van der Waals surface area contributed by atoms with Crippen LogP contribution in [0.5, 0.6) is 5.75 Å². The lowest BCUT2D eigenvalue weighted by Crippen LogP contribution is -2.45. The van der Waals surface area contributed by atoms with Crippen molar-refractivity contribution in [3.8, 4) is 5.75 Å². The second kappa shape index (κ2) is 8.63. The van der Waals surface area contributed by atoms with Crippen LogP contribution in [-0.2, 0) is 0 Å². The molecule has 27 heavy (non-hydrogen) atoms. The molecule has 3 amide bonds. The number of nitrogens with one attached hydrogen (secondary N) is 1. The molecule has 2 fully saturated rings. The smallest absolute Gasteiger partial charge is 0.317 e. The molecule has 1 saturated carbocycles. The molecule has 1 aromatic carbocycles. The van der Waals surface area contributed by atoms with E-state index in [9.17, 15) is 9.59 Å². The van der Waals surface area contributed by atoms with Crippen molar-refractivity contribution in [2.45, 2.75) is 52.0 Å². The molecule has 148 valence electrons. The highest BCUT2D eigenvalue weighted by Crippen LogP contribution is 2.25. The summed E-state index contributed by atoms with van der Waals surface area (Å²) in [5.41, 5.74) is 2.67. The number of nitrogens with zero attached hydrogens (tertiary/aromatic N) is 2. The summed E-state index contributed by atoms with van der Waals surface area (Å²) in [6.07, 6.45) is 5.38. The molecule has 6 nitrogen and oxygen atoms in total. The fourth-order valence-corrected chi connectivity index (χ4v) is 4.08. The monoisotopic (exact) mass is 373 g/mol. The molecule has 1 heterocycles. The predicted octanol–water partition coefficient (Wildman–Crippen LogP) is 3.11. The van der Waals surface area contributed by atoms with Crippen LogP contribution < -0.4 is 10.1 Å². The van der Waals surface area contributed by atoms with Gasteiger partial charge in [0.15, 0.2) is 0 Å². The van der Waals surface area contributed by atoms with E-state index in [1.807, 2.05) is 35.8 Å². The van der Waals surface area contributed by atoms with E-state index >= 15 is 0 Å². The first-order chi connectivity index (χ1) is 13.0. The number of hydrogen-bond acceptors (Lipinski definition) is 3. The second-order valence-electron chi connectivity index (χ2n) is 7.63. The number of rotatable bonds is 3. The van der Waals surface area contributed by atoms with E-state index in [4.69, 9.17) is 4.74 Å². The normalized spacial score (nSPS) is 18.3. The van der Waals surface area contributed by atoms with E-state index in [1.165, 1.54) is 12.8 Å². The Bertz CT molecular complexity index is 698. The molecule has 6 heteroatoms. The van der Waals surface area contributed by atoms with Crippen LogP contribution in [0.3, 0.4) is 0 Å². The Morgan fingerprint density at radius 3 is 2.33 bits per heavy atom. The fourth-order valence-electron chi connectivity index (χ4n) is 4.08. The Kier molecular flexibility index (Phi) is 6.24. The van der Waals surface area contributed by atoms with Crippen LogP contribution in [0.2, 0.25) is 0 Å². The van der Waals surface area contributed by atoms with Crippen LogP contribution in [0.4, 0.5) is 4.79 Å². The summed E-state index contributed by atoms with van der Waals surface area (Å²) in [5, 5.41) is 3.15. The molecular formula is C21H31N3O3. The molecule has 0 spiro atoms. The number of ether oxygens (including phenoxy) is 1. The minimum atomic E-state index is 0.0210. The van der Waals surface area contributed by atoms with E-state index in [2.05, 4.69) is 5.32 Å². The first-order valence-electron chi connectivity index (χ1n) is 10.00. The lowest BCUT2D eigenvalue weighted by molar-refractivity contribution is 0.0761. The SMILES string of the molecule is COc1ccc(C(=O)N2CCCN(C(=O)NC3CCCC3)CC2)c(C)c1C. The van der Waals surface area contributed by atoms with Crippen LogP contribution in [-0.4, -0.2) is 61.1 Å². The second-order valence-corrected chi connectivity index (χ2v) is 7.63.